The lowest BCUT2D eigenvalue weighted by molar-refractivity contribution is -0.117. The number of rotatable bonds is 3. The Hall–Kier alpha value is -1.47. The number of anilines is 1. The van der Waals surface area contributed by atoms with Gasteiger partial charge in [0.2, 0.25) is 5.91 Å². The van der Waals surface area contributed by atoms with E-state index in [1.165, 1.54) is 17.2 Å². The fourth-order valence-electron chi connectivity index (χ4n) is 1.85. The minimum atomic E-state index is -1.07. The number of nitrogens with zero attached hydrogens (tertiary/aromatic N) is 2. The van der Waals surface area contributed by atoms with Crippen molar-refractivity contribution in [3.05, 3.63) is 22.3 Å². The van der Waals surface area contributed by atoms with Gasteiger partial charge in [0.25, 0.3) is 0 Å². The average molecular weight is 315 g/mol. The Balaban J connectivity index is 2.29. The van der Waals surface area contributed by atoms with E-state index in [0.717, 1.165) is 0 Å². The first-order valence-electron chi connectivity index (χ1n) is 5.33. The van der Waals surface area contributed by atoms with E-state index in [-0.39, 0.29) is 30.4 Å². The predicted octanol–water partition coefficient (Wildman–Crippen LogP) is 0.887. The lowest BCUT2D eigenvalue weighted by Crippen LogP contribution is -2.26. The van der Waals surface area contributed by atoms with Gasteiger partial charge in [0.1, 0.15) is 5.82 Å². The smallest absolute Gasteiger partial charge is 0.337 e. The van der Waals surface area contributed by atoms with E-state index >= 15 is 0 Å². The summed E-state index contributed by atoms with van der Waals surface area (Å²) in [5.41, 5.74) is 0.0518. The third kappa shape index (κ3) is 2.37. The first-order chi connectivity index (χ1) is 8.52. The Morgan fingerprint density at radius 1 is 1.61 bits per heavy atom. The van der Waals surface area contributed by atoms with Gasteiger partial charge in [-0.3, -0.25) is 9.69 Å². The van der Waals surface area contributed by atoms with Crippen LogP contribution in [0.15, 0.2) is 16.7 Å². The summed E-state index contributed by atoms with van der Waals surface area (Å²) >= 11 is 3.21. The van der Waals surface area contributed by atoms with Crippen LogP contribution in [0.3, 0.4) is 0 Å². The summed E-state index contributed by atoms with van der Waals surface area (Å²) < 4.78 is 0.453. The molecule has 96 valence electrons. The van der Waals surface area contributed by atoms with E-state index in [9.17, 15) is 9.59 Å². The van der Waals surface area contributed by atoms with Crippen LogP contribution in [0.2, 0.25) is 0 Å². The highest BCUT2D eigenvalue weighted by Gasteiger charge is 2.32. The number of aliphatic hydroxyl groups is 1. The van der Waals surface area contributed by atoms with Gasteiger partial charge in [0.05, 0.1) is 10.0 Å². The number of hydrogen-bond donors (Lipinski definition) is 2. The number of carbonyl (C=O) groups is 2. The second kappa shape index (κ2) is 5.03. The molecule has 0 spiro atoms. The Bertz CT molecular complexity index is 506. The molecule has 1 saturated heterocycles. The SMILES string of the molecule is O=C(O)c1cnc(N2CC(CO)CC2=O)c(Br)c1. The molecule has 0 aromatic carbocycles. The lowest BCUT2D eigenvalue weighted by atomic mass is 10.1. The molecule has 1 aromatic rings. The van der Waals surface area contributed by atoms with Crippen LogP contribution >= 0.6 is 15.9 Å². The van der Waals surface area contributed by atoms with Crippen LogP contribution in [0.5, 0.6) is 0 Å². The van der Waals surface area contributed by atoms with E-state index < -0.39 is 5.97 Å². The summed E-state index contributed by atoms with van der Waals surface area (Å²) in [6, 6.07) is 1.41. The van der Waals surface area contributed by atoms with Crippen molar-refractivity contribution in [1.82, 2.24) is 4.98 Å². The van der Waals surface area contributed by atoms with Crippen molar-refractivity contribution >= 4 is 33.6 Å². The number of hydrogen-bond acceptors (Lipinski definition) is 4. The minimum absolute atomic E-state index is 0.0485. The molecule has 1 amide bonds. The van der Waals surface area contributed by atoms with Crippen LogP contribution < -0.4 is 4.90 Å². The number of carboxylic acids is 1. The number of aromatic nitrogens is 1. The first-order valence-corrected chi connectivity index (χ1v) is 6.12. The molecule has 1 unspecified atom stereocenters. The number of halogens is 1. The second-order valence-electron chi connectivity index (χ2n) is 4.09. The van der Waals surface area contributed by atoms with Crippen molar-refractivity contribution in [3.8, 4) is 0 Å². The molecule has 1 atom stereocenters. The first kappa shape index (κ1) is 13.0. The van der Waals surface area contributed by atoms with Crippen LogP contribution in [0, 0.1) is 5.92 Å². The predicted molar refractivity (Wildman–Crippen MR) is 66.4 cm³/mol. The molecule has 2 N–H and O–H groups in total. The van der Waals surface area contributed by atoms with Crippen molar-refractivity contribution < 1.29 is 19.8 Å². The van der Waals surface area contributed by atoms with Crippen LogP contribution in [0.25, 0.3) is 0 Å². The van der Waals surface area contributed by atoms with Gasteiger partial charge in [-0.1, -0.05) is 0 Å². The van der Waals surface area contributed by atoms with E-state index in [1.807, 2.05) is 0 Å². The van der Waals surface area contributed by atoms with E-state index in [1.54, 1.807) is 0 Å². The number of aromatic carboxylic acids is 1. The average Bonchev–Trinajstić information content (AvgIpc) is 2.70. The summed E-state index contributed by atoms with van der Waals surface area (Å²) in [5.74, 6) is -0.896. The molecule has 0 radical (unpaired) electrons. The third-order valence-electron chi connectivity index (χ3n) is 2.79. The van der Waals surface area contributed by atoms with Crippen molar-refractivity contribution in [2.24, 2.45) is 5.92 Å². The Kier molecular flexibility index (Phi) is 3.63. The van der Waals surface area contributed by atoms with Crippen LogP contribution in [0.4, 0.5) is 5.82 Å². The molecule has 1 aliphatic rings. The van der Waals surface area contributed by atoms with Gasteiger partial charge < -0.3 is 10.2 Å². The van der Waals surface area contributed by atoms with Crippen LogP contribution in [-0.2, 0) is 4.79 Å². The summed E-state index contributed by atoms with van der Waals surface area (Å²) in [4.78, 5) is 28.0. The highest BCUT2D eigenvalue weighted by molar-refractivity contribution is 9.10. The normalized spacial score (nSPS) is 19.3. The van der Waals surface area contributed by atoms with Gasteiger partial charge >= 0.3 is 5.97 Å². The molecule has 1 aliphatic heterocycles. The van der Waals surface area contributed by atoms with Gasteiger partial charge in [-0.15, -0.1) is 0 Å². The zero-order valence-corrected chi connectivity index (χ0v) is 10.9. The number of carboxylic acid groups (broad SMARTS) is 1. The van der Waals surface area contributed by atoms with Gasteiger partial charge in [-0.2, -0.15) is 0 Å². The highest BCUT2D eigenvalue weighted by Crippen LogP contribution is 2.30. The molecular formula is C11H11BrN2O4. The van der Waals surface area contributed by atoms with Gasteiger partial charge in [0.15, 0.2) is 0 Å². The summed E-state index contributed by atoms with van der Waals surface area (Å²) in [6.45, 7) is 0.348. The number of carbonyl (C=O) groups excluding carboxylic acids is 1. The molecule has 2 rings (SSSR count). The molecule has 0 saturated carbocycles. The summed E-state index contributed by atoms with van der Waals surface area (Å²) in [5, 5.41) is 17.9. The van der Waals surface area contributed by atoms with Crippen molar-refractivity contribution in [2.75, 3.05) is 18.1 Å². The van der Waals surface area contributed by atoms with E-state index in [4.69, 9.17) is 10.2 Å². The molecule has 0 aliphatic carbocycles. The second-order valence-corrected chi connectivity index (χ2v) is 4.95. The standard InChI is InChI=1S/C11H11BrN2O4/c12-8-2-7(11(17)18)3-13-10(8)14-4-6(5-15)1-9(14)16/h2-3,6,15H,1,4-5H2,(H,17,18). The molecule has 0 bridgehead atoms. The van der Waals surface area contributed by atoms with Gasteiger partial charge in [-0.25, -0.2) is 9.78 Å². The quantitative estimate of drug-likeness (QED) is 0.864. The molecule has 6 nitrogen and oxygen atoms in total. The fourth-order valence-corrected chi connectivity index (χ4v) is 2.42. The maximum absolute atomic E-state index is 11.8. The van der Waals surface area contributed by atoms with E-state index in [0.29, 0.717) is 16.8 Å². The number of amides is 1. The maximum atomic E-state index is 11.8. The largest absolute Gasteiger partial charge is 0.478 e. The van der Waals surface area contributed by atoms with Crippen molar-refractivity contribution in [1.29, 1.82) is 0 Å². The van der Waals surface area contributed by atoms with Crippen molar-refractivity contribution in [2.45, 2.75) is 6.42 Å². The Labute approximate surface area is 111 Å². The van der Waals surface area contributed by atoms with Crippen LogP contribution in [-0.4, -0.2) is 40.2 Å². The van der Waals surface area contributed by atoms with Crippen LogP contribution in [0.1, 0.15) is 16.8 Å². The van der Waals surface area contributed by atoms with E-state index in [2.05, 4.69) is 20.9 Å². The highest BCUT2D eigenvalue weighted by atomic mass is 79.9. The Morgan fingerprint density at radius 2 is 2.33 bits per heavy atom. The molecule has 7 heteroatoms. The lowest BCUT2D eigenvalue weighted by Gasteiger charge is -2.16. The molecule has 18 heavy (non-hydrogen) atoms. The van der Waals surface area contributed by atoms with Gasteiger partial charge in [-0.05, 0) is 22.0 Å². The monoisotopic (exact) mass is 314 g/mol. The third-order valence-corrected chi connectivity index (χ3v) is 3.37. The molecule has 2 heterocycles. The summed E-state index contributed by atoms with van der Waals surface area (Å²) in [7, 11) is 0. The number of aliphatic hydroxyl groups excluding tert-OH is 1. The fraction of sp³-hybridized carbons (Fsp3) is 0.364. The molecule has 1 fully saturated rings. The topological polar surface area (TPSA) is 90.7 Å². The summed E-state index contributed by atoms with van der Waals surface area (Å²) in [6.07, 6.45) is 1.49. The Morgan fingerprint density at radius 3 is 2.83 bits per heavy atom. The van der Waals surface area contributed by atoms with Crippen molar-refractivity contribution in [3.63, 3.8) is 0 Å². The maximum Gasteiger partial charge on any atom is 0.337 e. The zero-order chi connectivity index (χ0) is 13.3. The number of pyridine rings is 1. The molecular weight excluding hydrogens is 304 g/mol. The zero-order valence-electron chi connectivity index (χ0n) is 9.34. The minimum Gasteiger partial charge on any atom is -0.478 e. The van der Waals surface area contributed by atoms with Gasteiger partial charge in [0, 0.05) is 31.7 Å². The molecule has 1 aromatic heterocycles.